The van der Waals surface area contributed by atoms with Gasteiger partial charge in [0.25, 0.3) is 5.91 Å². The fraction of sp³-hybridized carbons (Fsp3) is 0.286. The Bertz CT molecular complexity index is 1040. The first kappa shape index (κ1) is 18.7. The molecule has 1 amide bonds. The zero-order valence-electron chi connectivity index (χ0n) is 16.0. The van der Waals surface area contributed by atoms with Crippen LogP contribution in [0.25, 0.3) is 5.69 Å². The normalized spacial score (nSPS) is 12.9. The predicted octanol–water partition coefficient (Wildman–Crippen LogP) is 4.49. The quantitative estimate of drug-likeness (QED) is 0.594. The van der Waals surface area contributed by atoms with Gasteiger partial charge < -0.3 is 23.4 Å². The first-order valence-corrected chi connectivity index (χ1v) is 9.82. The van der Waals surface area contributed by atoms with Crippen LogP contribution >= 0.6 is 15.9 Å². The molecule has 0 saturated carbocycles. The lowest BCUT2D eigenvalue weighted by molar-refractivity contribution is 0.0774. The molecule has 3 heterocycles. The molecular formula is C21H21BrN2O4. The molecule has 7 heteroatoms. The standard InChI is InChI=1S/C21H21BrN2O4/c1-13-10-17(21(25)23(3)12-16-5-7-20(22)28-16)14(2)24(13)15-4-6-18-19(11-15)27-9-8-26-18/h4-7,10-11H,8-9,12H2,1-3H3. The molecule has 0 fully saturated rings. The maximum Gasteiger partial charge on any atom is 0.255 e. The van der Waals surface area contributed by atoms with Crippen LogP contribution in [-0.2, 0) is 6.54 Å². The van der Waals surface area contributed by atoms with E-state index >= 15 is 0 Å². The predicted molar refractivity (Wildman–Crippen MR) is 108 cm³/mol. The molecule has 0 aliphatic carbocycles. The van der Waals surface area contributed by atoms with Gasteiger partial charge in [0.15, 0.2) is 16.2 Å². The van der Waals surface area contributed by atoms with E-state index in [1.165, 1.54) is 0 Å². The van der Waals surface area contributed by atoms with Gasteiger partial charge >= 0.3 is 0 Å². The third-order valence-electron chi connectivity index (χ3n) is 4.81. The van der Waals surface area contributed by atoms with Gasteiger partial charge in [0.2, 0.25) is 0 Å². The number of rotatable bonds is 4. The molecule has 1 aromatic carbocycles. The first-order chi connectivity index (χ1) is 13.4. The monoisotopic (exact) mass is 444 g/mol. The minimum atomic E-state index is -0.0515. The molecule has 146 valence electrons. The number of ether oxygens (including phenoxy) is 2. The van der Waals surface area contributed by atoms with Crippen molar-refractivity contribution in [2.75, 3.05) is 20.3 Å². The highest BCUT2D eigenvalue weighted by molar-refractivity contribution is 9.10. The lowest BCUT2D eigenvalue weighted by Crippen LogP contribution is -2.26. The van der Waals surface area contributed by atoms with Gasteiger partial charge in [-0.05, 0) is 60.1 Å². The van der Waals surface area contributed by atoms with Crippen molar-refractivity contribution in [1.82, 2.24) is 9.47 Å². The van der Waals surface area contributed by atoms with E-state index in [9.17, 15) is 4.79 Å². The zero-order chi connectivity index (χ0) is 19.8. The second-order valence-corrected chi connectivity index (χ2v) is 7.60. The van der Waals surface area contributed by atoms with E-state index in [4.69, 9.17) is 13.9 Å². The van der Waals surface area contributed by atoms with Gasteiger partial charge in [-0.3, -0.25) is 4.79 Å². The van der Waals surface area contributed by atoms with Crippen LogP contribution in [0.15, 0.2) is 45.5 Å². The summed E-state index contributed by atoms with van der Waals surface area (Å²) in [6, 6.07) is 11.4. The number of aromatic nitrogens is 1. The number of halogens is 1. The Morgan fingerprint density at radius 3 is 2.57 bits per heavy atom. The molecule has 4 rings (SSSR count). The van der Waals surface area contributed by atoms with Gasteiger partial charge in [0, 0.05) is 30.2 Å². The molecule has 0 atom stereocenters. The van der Waals surface area contributed by atoms with Crippen LogP contribution in [0.2, 0.25) is 0 Å². The van der Waals surface area contributed by atoms with Gasteiger partial charge in [-0.2, -0.15) is 0 Å². The number of carbonyl (C=O) groups is 1. The Balaban J connectivity index is 1.62. The fourth-order valence-corrected chi connectivity index (χ4v) is 3.84. The molecule has 1 aliphatic rings. The van der Waals surface area contributed by atoms with Crippen molar-refractivity contribution in [3.8, 4) is 17.2 Å². The fourth-order valence-electron chi connectivity index (χ4n) is 3.50. The lowest BCUT2D eigenvalue weighted by atomic mass is 10.2. The molecular weight excluding hydrogens is 424 g/mol. The maximum absolute atomic E-state index is 13.0. The van der Waals surface area contributed by atoms with E-state index in [2.05, 4.69) is 20.5 Å². The second-order valence-electron chi connectivity index (χ2n) is 6.82. The smallest absolute Gasteiger partial charge is 0.255 e. The topological polar surface area (TPSA) is 56.8 Å². The summed E-state index contributed by atoms with van der Waals surface area (Å²) in [6.07, 6.45) is 0. The van der Waals surface area contributed by atoms with Crippen molar-refractivity contribution < 1.29 is 18.7 Å². The summed E-state index contributed by atoms with van der Waals surface area (Å²) < 4.78 is 19.5. The van der Waals surface area contributed by atoms with E-state index in [1.807, 2.05) is 50.2 Å². The lowest BCUT2D eigenvalue weighted by Gasteiger charge is -2.20. The van der Waals surface area contributed by atoms with Gasteiger partial charge in [-0.1, -0.05) is 0 Å². The Kier molecular flexibility index (Phi) is 4.93. The second kappa shape index (κ2) is 7.39. The highest BCUT2D eigenvalue weighted by atomic mass is 79.9. The zero-order valence-corrected chi connectivity index (χ0v) is 17.6. The minimum Gasteiger partial charge on any atom is -0.486 e. The summed E-state index contributed by atoms with van der Waals surface area (Å²) in [7, 11) is 1.77. The summed E-state index contributed by atoms with van der Waals surface area (Å²) >= 11 is 3.29. The van der Waals surface area contributed by atoms with E-state index in [1.54, 1.807) is 11.9 Å². The number of hydrogen-bond donors (Lipinski definition) is 0. The summed E-state index contributed by atoms with van der Waals surface area (Å²) in [6.45, 7) is 5.44. The average molecular weight is 445 g/mol. The number of fused-ring (bicyclic) bond motifs is 1. The first-order valence-electron chi connectivity index (χ1n) is 9.02. The van der Waals surface area contributed by atoms with Crippen molar-refractivity contribution in [3.63, 3.8) is 0 Å². The minimum absolute atomic E-state index is 0.0515. The number of carbonyl (C=O) groups excluding carboxylic acids is 1. The van der Waals surface area contributed by atoms with Gasteiger partial charge in [0.1, 0.15) is 19.0 Å². The van der Waals surface area contributed by atoms with E-state index < -0.39 is 0 Å². The van der Waals surface area contributed by atoms with Gasteiger partial charge in [-0.25, -0.2) is 0 Å². The Labute approximate surface area is 171 Å². The Hall–Kier alpha value is -2.67. The SMILES string of the molecule is Cc1cc(C(=O)N(C)Cc2ccc(Br)o2)c(C)n1-c1ccc2c(c1)OCCO2. The number of hydrogen-bond acceptors (Lipinski definition) is 4. The van der Waals surface area contributed by atoms with Crippen molar-refractivity contribution >= 4 is 21.8 Å². The molecule has 3 aromatic rings. The van der Waals surface area contributed by atoms with Crippen molar-refractivity contribution in [2.45, 2.75) is 20.4 Å². The summed E-state index contributed by atoms with van der Waals surface area (Å²) in [5.41, 5.74) is 3.47. The number of furan rings is 1. The van der Waals surface area contributed by atoms with Crippen molar-refractivity contribution in [2.24, 2.45) is 0 Å². The Morgan fingerprint density at radius 2 is 1.86 bits per heavy atom. The summed E-state index contributed by atoms with van der Waals surface area (Å²) in [5, 5.41) is 0. The molecule has 0 radical (unpaired) electrons. The number of nitrogens with zero attached hydrogens (tertiary/aromatic N) is 2. The molecule has 0 N–H and O–H groups in total. The number of amides is 1. The van der Waals surface area contributed by atoms with Crippen molar-refractivity contribution in [1.29, 1.82) is 0 Å². The molecule has 2 aromatic heterocycles. The summed E-state index contributed by atoms with van der Waals surface area (Å²) in [4.78, 5) is 14.7. The average Bonchev–Trinajstić information content (AvgIpc) is 3.22. The van der Waals surface area contributed by atoms with Crippen LogP contribution in [0.5, 0.6) is 11.5 Å². The molecule has 0 bridgehead atoms. The van der Waals surface area contributed by atoms with Crippen molar-refractivity contribution in [3.05, 3.63) is 63.8 Å². The van der Waals surface area contributed by atoms with Crippen LogP contribution in [0, 0.1) is 13.8 Å². The van der Waals surface area contributed by atoms with Gasteiger partial charge in [-0.15, -0.1) is 0 Å². The van der Waals surface area contributed by atoms with Gasteiger partial charge in [0.05, 0.1) is 12.1 Å². The summed E-state index contributed by atoms with van der Waals surface area (Å²) in [5.74, 6) is 2.15. The molecule has 0 saturated heterocycles. The largest absolute Gasteiger partial charge is 0.486 e. The highest BCUT2D eigenvalue weighted by Crippen LogP contribution is 2.33. The third-order valence-corrected chi connectivity index (χ3v) is 5.24. The molecule has 0 unspecified atom stereocenters. The third kappa shape index (κ3) is 3.42. The molecule has 0 spiro atoms. The van der Waals surface area contributed by atoms with Crippen LogP contribution in [0.1, 0.15) is 27.5 Å². The van der Waals surface area contributed by atoms with Crippen LogP contribution in [0.4, 0.5) is 0 Å². The van der Waals surface area contributed by atoms with E-state index in [0.717, 1.165) is 34.3 Å². The molecule has 1 aliphatic heterocycles. The number of aryl methyl sites for hydroxylation is 1. The van der Waals surface area contributed by atoms with E-state index in [-0.39, 0.29) is 5.91 Å². The van der Waals surface area contributed by atoms with Crippen LogP contribution in [0.3, 0.4) is 0 Å². The molecule has 6 nitrogen and oxygen atoms in total. The molecule has 28 heavy (non-hydrogen) atoms. The maximum atomic E-state index is 13.0. The van der Waals surface area contributed by atoms with Crippen LogP contribution in [-0.4, -0.2) is 35.6 Å². The van der Waals surface area contributed by atoms with E-state index in [0.29, 0.717) is 30.0 Å². The van der Waals surface area contributed by atoms with Crippen LogP contribution < -0.4 is 9.47 Å². The Morgan fingerprint density at radius 1 is 1.11 bits per heavy atom. The highest BCUT2D eigenvalue weighted by Gasteiger charge is 2.21. The number of benzene rings is 1.